The van der Waals surface area contributed by atoms with Gasteiger partial charge in [-0.05, 0) is 0 Å². The second-order valence-corrected chi connectivity index (χ2v) is 1.92. The molecule has 0 aromatic carbocycles. The number of hydrogen-bond donors (Lipinski definition) is 2. The van der Waals surface area contributed by atoms with Crippen LogP contribution in [0.4, 0.5) is 0 Å². The van der Waals surface area contributed by atoms with Crippen molar-refractivity contribution in [2.45, 2.75) is 0 Å². The van der Waals surface area contributed by atoms with Gasteiger partial charge in [0, 0.05) is 0 Å². The summed E-state index contributed by atoms with van der Waals surface area (Å²) in [5, 5.41) is 0. The summed E-state index contributed by atoms with van der Waals surface area (Å²) < 4.78 is 65.4. The average Bonchev–Trinajstić information content (AvgIpc) is 1.62. The molecule has 0 amide bonds. The molecule has 0 bridgehead atoms. The summed E-state index contributed by atoms with van der Waals surface area (Å²) in [5.74, 6) is 0. The van der Waals surface area contributed by atoms with Gasteiger partial charge in [0.2, 0.25) is 0 Å². The SMILES string of the molecule is O=S(=O)(O)O.[O]=[Al][O-].[O]=[Al][O-].[Zn+2]. The standard InChI is InChI=1S/2Al.H2O4S.4O.Zn/c;;1-5(2,3)4;;;;;/h;;(H2,1,2,3,4);;;;;/q;;;;;2*-1;+2. The third kappa shape index (κ3) is 1780. The van der Waals surface area contributed by atoms with Crippen LogP contribution >= 0.6 is 0 Å². The van der Waals surface area contributed by atoms with Crippen molar-refractivity contribution in [1.29, 1.82) is 0 Å². The van der Waals surface area contributed by atoms with Crippen molar-refractivity contribution < 1.29 is 52.9 Å². The first kappa shape index (κ1) is 23.0. The van der Waals surface area contributed by atoms with E-state index in [1.165, 1.54) is 0 Å². The maximum atomic E-state index is 8.74. The molecule has 0 heterocycles. The fraction of sp³-hybridized carbons (Fsp3) is 0. The Morgan fingerprint density at radius 3 is 1.00 bits per heavy atom. The molecule has 0 aliphatic carbocycles. The zero-order valence-corrected chi connectivity index (χ0v) is 11.7. The Morgan fingerprint density at radius 1 is 1.00 bits per heavy atom. The summed E-state index contributed by atoms with van der Waals surface area (Å²) in [4.78, 5) is 0. The zero-order valence-electron chi connectivity index (χ0n) is 5.61. The fourth-order valence-electron chi connectivity index (χ4n) is 0. The maximum absolute atomic E-state index is 8.74. The van der Waals surface area contributed by atoms with E-state index in [9.17, 15) is 0 Å². The van der Waals surface area contributed by atoms with Crippen molar-refractivity contribution in [1.82, 2.24) is 0 Å². The molecule has 0 aromatic heterocycles. The summed E-state index contributed by atoms with van der Waals surface area (Å²) >= 11 is -3.50. The van der Waals surface area contributed by atoms with Crippen molar-refractivity contribution in [3.8, 4) is 0 Å². The van der Waals surface area contributed by atoms with Gasteiger partial charge in [0.05, 0.1) is 0 Å². The minimum absolute atomic E-state index is 0. The molecule has 0 unspecified atom stereocenters. The number of hydrogen-bond acceptors (Lipinski definition) is 6. The van der Waals surface area contributed by atoms with Gasteiger partial charge < -0.3 is 0 Å². The summed E-state index contributed by atoms with van der Waals surface area (Å²) in [7, 11) is -4.67. The van der Waals surface area contributed by atoms with Crippen LogP contribution in [0, 0.1) is 0 Å². The Morgan fingerprint density at radius 2 is 1.00 bits per heavy atom. The predicted molar refractivity (Wildman–Crippen MR) is 27.1 cm³/mol. The van der Waals surface area contributed by atoms with E-state index in [1.54, 1.807) is 0 Å². The molecule has 0 atom stereocenters. The summed E-state index contributed by atoms with van der Waals surface area (Å²) in [6, 6.07) is 0. The molecule has 0 spiro atoms. The van der Waals surface area contributed by atoms with Gasteiger partial charge in [-0.1, -0.05) is 0 Å². The zero-order chi connectivity index (χ0) is 9.91. The molecule has 0 aliphatic rings. The molecule has 12 heavy (non-hydrogen) atoms. The topological polar surface area (TPSA) is 155 Å². The van der Waals surface area contributed by atoms with Gasteiger partial charge >= 0.3 is 76.8 Å². The summed E-state index contributed by atoms with van der Waals surface area (Å²) in [6.45, 7) is 0. The number of rotatable bonds is 0. The molecule has 8 nitrogen and oxygen atoms in total. The molecular formula is H2Al2O8SZn. The van der Waals surface area contributed by atoms with Gasteiger partial charge in [0.1, 0.15) is 0 Å². The summed E-state index contributed by atoms with van der Waals surface area (Å²) in [5.41, 5.74) is 0. The van der Waals surface area contributed by atoms with Gasteiger partial charge in [-0.3, -0.25) is 9.11 Å². The van der Waals surface area contributed by atoms with Crippen LogP contribution in [0.5, 0.6) is 0 Å². The molecule has 2 N–H and O–H groups in total. The second-order valence-electron chi connectivity index (χ2n) is 0.640. The molecule has 64 valence electrons. The van der Waals surface area contributed by atoms with Gasteiger partial charge in [-0.2, -0.15) is 8.42 Å². The van der Waals surface area contributed by atoms with Gasteiger partial charge in [0.25, 0.3) is 0 Å². The van der Waals surface area contributed by atoms with Crippen LogP contribution in [0.3, 0.4) is 0 Å². The van der Waals surface area contributed by atoms with Crippen LogP contribution in [-0.4, -0.2) is 48.5 Å². The molecule has 0 radical (unpaired) electrons. The third-order valence-electron chi connectivity index (χ3n) is 0. The molecule has 0 saturated carbocycles. The quantitative estimate of drug-likeness (QED) is 0.336. The first-order valence-electron chi connectivity index (χ1n) is 1.64. The van der Waals surface area contributed by atoms with E-state index in [1.807, 2.05) is 0 Å². The van der Waals surface area contributed by atoms with E-state index in [0.717, 1.165) is 0 Å². The van der Waals surface area contributed by atoms with E-state index in [4.69, 9.17) is 33.4 Å². The van der Waals surface area contributed by atoms with Crippen molar-refractivity contribution in [3.63, 3.8) is 0 Å². The molecule has 0 saturated heterocycles. The Labute approximate surface area is 93.8 Å². The van der Waals surface area contributed by atoms with Crippen LogP contribution in [0.1, 0.15) is 0 Å². The van der Waals surface area contributed by atoms with E-state index >= 15 is 0 Å². The van der Waals surface area contributed by atoms with E-state index in [-0.39, 0.29) is 19.5 Å². The molecule has 12 heteroatoms. The van der Waals surface area contributed by atoms with Crippen LogP contribution < -0.4 is 8.32 Å². The monoisotopic (exact) mass is 280 g/mol. The van der Waals surface area contributed by atoms with Crippen LogP contribution in [0.15, 0.2) is 0 Å². The van der Waals surface area contributed by atoms with E-state index in [2.05, 4.69) is 0 Å². The largest absolute Gasteiger partial charge is 2.00 e. The minimum Gasteiger partial charge on any atom is 2.00 e. The normalized spacial score (nSPS) is 6.17. The van der Waals surface area contributed by atoms with Gasteiger partial charge in [-0.25, -0.2) is 0 Å². The molecular weight excluding hydrogens is 279 g/mol. The molecule has 0 aliphatic heterocycles. The van der Waals surface area contributed by atoms with Crippen molar-refractivity contribution in [2.24, 2.45) is 0 Å². The predicted octanol–water partition coefficient (Wildman–Crippen LogP) is -4.03. The Kier molecular flexibility index (Phi) is 34.0. The molecule has 0 fully saturated rings. The van der Waals surface area contributed by atoms with Crippen LogP contribution in [-0.2, 0) is 37.5 Å². The first-order chi connectivity index (χ1) is 4.83. The van der Waals surface area contributed by atoms with Crippen LogP contribution in [0.25, 0.3) is 0 Å². The van der Waals surface area contributed by atoms with Crippen molar-refractivity contribution >= 4 is 41.4 Å². The average molecular weight is 281 g/mol. The van der Waals surface area contributed by atoms with E-state index < -0.39 is 41.4 Å². The Bertz CT molecular complexity index is 157. The second kappa shape index (κ2) is 17.7. The third-order valence-corrected chi connectivity index (χ3v) is 0. The van der Waals surface area contributed by atoms with Gasteiger partial charge in [-0.15, -0.1) is 0 Å². The Hall–Kier alpha value is 0.758. The smallest absolute Gasteiger partial charge is 2.00 e. The Balaban J connectivity index is -0.0000000406. The fourth-order valence-corrected chi connectivity index (χ4v) is 0. The molecule has 0 aromatic rings. The first-order valence-corrected chi connectivity index (χ1v) is 4.92. The van der Waals surface area contributed by atoms with Crippen LogP contribution in [0.2, 0.25) is 0 Å². The summed E-state index contributed by atoms with van der Waals surface area (Å²) in [6.07, 6.45) is 0. The maximum Gasteiger partial charge on any atom is 2.00 e. The van der Waals surface area contributed by atoms with E-state index in [0.29, 0.717) is 0 Å². The van der Waals surface area contributed by atoms with Crippen molar-refractivity contribution in [3.05, 3.63) is 0 Å². The van der Waals surface area contributed by atoms with Gasteiger partial charge in [0.15, 0.2) is 0 Å². The minimum atomic E-state index is -4.67. The van der Waals surface area contributed by atoms with Crippen molar-refractivity contribution in [2.75, 3.05) is 0 Å². The molecule has 0 rings (SSSR count).